The molecular weight excluding hydrogens is 394 g/mol. The zero-order chi connectivity index (χ0) is 22.2. The van der Waals surface area contributed by atoms with Crippen LogP contribution >= 0.6 is 0 Å². The number of nitrogens with zero attached hydrogens (tertiary/aromatic N) is 1. The minimum absolute atomic E-state index is 0.0492. The maximum atomic E-state index is 12.4. The minimum Gasteiger partial charge on any atom is -0.462 e. The van der Waals surface area contributed by atoms with Crippen LogP contribution < -0.4 is 0 Å². The van der Waals surface area contributed by atoms with Gasteiger partial charge in [0.15, 0.2) is 0 Å². The molecule has 1 aliphatic heterocycles. The van der Waals surface area contributed by atoms with Crippen LogP contribution in [0.1, 0.15) is 52.4 Å². The fourth-order valence-corrected chi connectivity index (χ4v) is 3.60. The van der Waals surface area contributed by atoms with Gasteiger partial charge in [-0.05, 0) is 19.8 Å². The van der Waals surface area contributed by atoms with Crippen molar-refractivity contribution in [2.75, 3.05) is 52.8 Å². The third kappa shape index (κ3) is 11.8. The number of hydrogen-bond acceptors (Lipinski definition) is 8. The summed E-state index contributed by atoms with van der Waals surface area (Å²) in [5, 5.41) is 17.7. The molecular formula is C21H39NO8. The lowest BCUT2D eigenvalue weighted by molar-refractivity contribution is -0.150. The Morgan fingerprint density at radius 1 is 1.00 bits per heavy atom. The highest BCUT2D eigenvalue weighted by Gasteiger charge is 2.27. The molecule has 1 heterocycles. The predicted octanol–water partition coefficient (Wildman–Crippen LogP) is 0.892. The van der Waals surface area contributed by atoms with Crippen molar-refractivity contribution in [1.82, 2.24) is 4.90 Å². The number of aliphatic hydroxyl groups excluding tert-OH is 2. The van der Waals surface area contributed by atoms with Gasteiger partial charge in [0.1, 0.15) is 6.10 Å². The fraction of sp³-hybridized carbons (Fsp3) is 0.905. The van der Waals surface area contributed by atoms with E-state index in [-0.39, 0.29) is 57.1 Å². The molecule has 3 unspecified atom stereocenters. The lowest BCUT2D eigenvalue weighted by Crippen LogP contribution is -2.41. The molecule has 1 rings (SSSR count). The summed E-state index contributed by atoms with van der Waals surface area (Å²) >= 11 is 0. The van der Waals surface area contributed by atoms with Gasteiger partial charge in [0.05, 0.1) is 52.4 Å². The summed E-state index contributed by atoms with van der Waals surface area (Å²) in [5.41, 5.74) is 0. The number of esters is 1. The summed E-state index contributed by atoms with van der Waals surface area (Å²) in [6, 6.07) is -0.0492. The van der Waals surface area contributed by atoms with Crippen LogP contribution in [0.3, 0.4) is 0 Å². The second-order valence-corrected chi connectivity index (χ2v) is 7.58. The first-order valence-corrected chi connectivity index (χ1v) is 10.9. The second-order valence-electron chi connectivity index (χ2n) is 7.58. The normalized spacial score (nSPS) is 18.0. The van der Waals surface area contributed by atoms with Gasteiger partial charge in [-0.25, -0.2) is 0 Å². The molecule has 0 aliphatic carbocycles. The molecule has 1 aliphatic rings. The van der Waals surface area contributed by atoms with E-state index in [1.807, 2.05) is 11.8 Å². The monoisotopic (exact) mass is 433 g/mol. The molecule has 3 atom stereocenters. The molecule has 0 aromatic carbocycles. The highest BCUT2D eigenvalue weighted by atomic mass is 16.6. The number of rotatable bonds is 16. The molecule has 0 bridgehead atoms. The van der Waals surface area contributed by atoms with E-state index < -0.39 is 6.10 Å². The van der Waals surface area contributed by atoms with Gasteiger partial charge in [-0.3, -0.25) is 9.59 Å². The molecule has 1 saturated heterocycles. The zero-order valence-corrected chi connectivity index (χ0v) is 18.4. The van der Waals surface area contributed by atoms with Crippen LogP contribution in [-0.2, 0) is 28.5 Å². The molecule has 0 saturated carbocycles. The SMILES string of the molecule is CC(=O)OC(CC(COCCO)OCCOCCO)CC(C)N1CCCCCC1=O. The molecule has 1 amide bonds. The van der Waals surface area contributed by atoms with E-state index in [0.717, 1.165) is 25.8 Å². The third-order valence-corrected chi connectivity index (χ3v) is 4.96. The molecule has 30 heavy (non-hydrogen) atoms. The van der Waals surface area contributed by atoms with Crippen molar-refractivity contribution in [2.24, 2.45) is 0 Å². The Morgan fingerprint density at radius 3 is 2.43 bits per heavy atom. The number of carbonyl (C=O) groups excluding carboxylic acids is 2. The van der Waals surface area contributed by atoms with Crippen molar-refractivity contribution in [3.05, 3.63) is 0 Å². The summed E-state index contributed by atoms with van der Waals surface area (Å²) in [6.45, 7) is 5.26. The molecule has 0 aromatic heterocycles. The number of likely N-dealkylation sites (tertiary alicyclic amines) is 1. The topological polar surface area (TPSA) is 115 Å². The standard InChI is InChI=1S/C21H39NO8/c1-17(22-7-5-3-4-6-21(22)26)14-19(30-18(2)25)15-20(16-28-11-9-24)29-13-12-27-10-8-23/h17,19-20,23-24H,3-16H2,1-2H3. The number of ether oxygens (including phenoxy) is 4. The van der Waals surface area contributed by atoms with Gasteiger partial charge < -0.3 is 34.1 Å². The van der Waals surface area contributed by atoms with Crippen LogP contribution in [0.5, 0.6) is 0 Å². The average molecular weight is 434 g/mol. The van der Waals surface area contributed by atoms with Gasteiger partial charge in [-0.15, -0.1) is 0 Å². The molecule has 2 N–H and O–H groups in total. The van der Waals surface area contributed by atoms with Crippen molar-refractivity contribution >= 4 is 11.9 Å². The highest BCUT2D eigenvalue weighted by molar-refractivity contribution is 5.76. The Labute approximate surface area is 179 Å². The van der Waals surface area contributed by atoms with Crippen LogP contribution in [0.2, 0.25) is 0 Å². The van der Waals surface area contributed by atoms with Gasteiger partial charge in [0, 0.05) is 38.8 Å². The minimum atomic E-state index is -0.422. The molecule has 0 radical (unpaired) electrons. The first-order chi connectivity index (χ1) is 14.5. The molecule has 9 heteroatoms. The first kappa shape index (κ1) is 26.8. The highest BCUT2D eigenvalue weighted by Crippen LogP contribution is 2.20. The third-order valence-electron chi connectivity index (χ3n) is 4.96. The van der Waals surface area contributed by atoms with E-state index >= 15 is 0 Å². The summed E-state index contributed by atoms with van der Waals surface area (Å²) < 4.78 is 22.0. The molecule has 176 valence electrons. The maximum Gasteiger partial charge on any atom is 0.302 e. The smallest absolute Gasteiger partial charge is 0.302 e. The van der Waals surface area contributed by atoms with Gasteiger partial charge >= 0.3 is 5.97 Å². The van der Waals surface area contributed by atoms with Gasteiger partial charge in [-0.2, -0.15) is 0 Å². The lowest BCUT2D eigenvalue weighted by atomic mass is 10.0. The van der Waals surface area contributed by atoms with E-state index in [1.54, 1.807) is 0 Å². The average Bonchev–Trinajstić information content (AvgIpc) is 2.91. The van der Waals surface area contributed by atoms with Crippen molar-refractivity contribution in [1.29, 1.82) is 0 Å². The number of carbonyl (C=O) groups is 2. The Balaban J connectivity index is 2.67. The van der Waals surface area contributed by atoms with Crippen molar-refractivity contribution in [3.63, 3.8) is 0 Å². The lowest BCUT2D eigenvalue weighted by Gasteiger charge is -2.32. The maximum absolute atomic E-state index is 12.4. The Bertz CT molecular complexity index is 476. The quantitative estimate of drug-likeness (QED) is 0.272. The van der Waals surface area contributed by atoms with Crippen molar-refractivity contribution in [2.45, 2.75) is 70.6 Å². The Hall–Kier alpha value is -1.26. The van der Waals surface area contributed by atoms with Crippen LogP contribution in [0, 0.1) is 0 Å². The number of aliphatic hydroxyl groups is 2. The molecule has 0 aromatic rings. The van der Waals surface area contributed by atoms with Gasteiger partial charge in [0.25, 0.3) is 0 Å². The van der Waals surface area contributed by atoms with Gasteiger partial charge in [-0.1, -0.05) is 6.42 Å². The summed E-state index contributed by atoms with van der Waals surface area (Å²) in [5.74, 6) is -0.225. The Kier molecular flexibility index (Phi) is 14.7. The van der Waals surface area contributed by atoms with Crippen LogP contribution in [0.4, 0.5) is 0 Å². The Morgan fingerprint density at radius 2 is 1.73 bits per heavy atom. The zero-order valence-electron chi connectivity index (χ0n) is 18.4. The summed E-state index contributed by atoms with van der Waals surface area (Å²) in [4.78, 5) is 25.9. The summed E-state index contributed by atoms with van der Waals surface area (Å²) in [6.07, 6.45) is 3.69. The second kappa shape index (κ2) is 16.4. The number of hydrogen-bond donors (Lipinski definition) is 2. The molecule has 1 fully saturated rings. The van der Waals surface area contributed by atoms with Crippen molar-refractivity contribution in [3.8, 4) is 0 Å². The van der Waals surface area contributed by atoms with Crippen molar-refractivity contribution < 1.29 is 38.7 Å². The largest absolute Gasteiger partial charge is 0.462 e. The van der Waals surface area contributed by atoms with E-state index in [9.17, 15) is 9.59 Å². The van der Waals surface area contributed by atoms with E-state index in [4.69, 9.17) is 29.2 Å². The molecule has 9 nitrogen and oxygen atoms in total. The first-order valence-electron chi connectivity index (χ1n) is 10.9. The number of amides is 1. The van der Waals surface area contributed by atoms with Crippen LogP contribution in [0.25, 0.3) is 0 Å². The predicted molar refractivity (Wildman–Crippen MR) is 110 cm³/mol. The summed E-state index contributed by atoms with van der Waals surface area (Å²) in [7, 11) is 0. The van der Waals surface area contributed by atoms with Crippen LogP contribution in [-0.4, -0.2) is 98.0 Å². The van der Waals surface area contributed by atoms with E-state index in [1.165, 1.54) is 6.92 Å². The van der Waals surface area contributed by atoms with Gasteiger partial charge in [0.2, 0.25) is 5.91 Å². The van der Waals surface area contributed by atoms with Crippen LogP contribution in [0.15, 0.2) is 0 Å². The molecule has 0 spiro atoms. The van der Waals surface area contributed by atoms with E-state index in [2.05, 4.69) is 0 Å². The fourth-order valence-electron chi connectivity index (χ4n) is 3.60. The van der Waals surface area contributed by atoms with E-state index in [0.29, 0.717) is 32.5 Å².